The predicted octanol–water partition coefficient (Wildman–Crippen LogP) is 5.90. The lowest BCUT2D eigenvalue weighted by Crippen LogP contribution is -2.52. The second kappa shape index (κ2) is 12.9. The van der Waals surface area contributed by atoms with Gasteiger partial charge in [0.2, 0.25) is 5.91 Å². The number of carbonyl (C=O) groups is 3. The maximum absolute atomic E-state index is 14.1. The summed E-state index contributed by atoms with van der Waals surface area (Å²) in [6, 6.07) is 15.9. The van der Waals surface area contributed by atoms with E-state index in [1.165, 1.54) is 17.0 Å². The molecule has 8 heteroatoms. The molecule has 3 aromatic rings. The smallest absolute Gasteiger partial charge is 0.408 e. The van der Waals surface area contributed by atoms with Crippen LogP contribution in [0.25, 0.3) is 0 Å². The van der Waals surface area contributed by atoms with Crippen molar-refractivity contribution in [3.05, 3.63) is 94.0 Å². The largest absolute Gasteiger partial charge is 0.508 e. The molecule has 3 rings (SSSR count). The number of aromatic hydroxyl groups is 1. The van der Waals surface area contributed by atoms with Gasteiger partial charge in [0.05, 0.1) is 0 Å². The van der Waals surface area contributed by atoms with Gasteiger partial charge in [-0.1, -0.05) is 59.7 Å². The fourth-order valence-corrected chi connectivity index (χ4v) is 4.81. The molecule has 0 bridgehead atoms. The molecule has 2 unspecified atom stereocenters. The molecule has 8 nitrogen and oxygen atoms in total. The molecule has 0 aliphatic carbocycles. The van der Waals surface area contributed by atoms with E-state index in [1.807, 2.05) is 64.1 Å². The molecular formula is C33H41N3O5. The molecule has 41 heavy (non-hydrogen) atoms. The molecule has 0 aliphatic rings. The lowest BCUT2D eigenvalue weighted by Gasteiger charge is -2.32. The van der Waals surface area contributed by atoms with Crippen molar-refractivity contribution in [3.8, 4) is 5.75 Å². The van der Waals surface area contributed by atoms with Gasteiger partial charge in [-0.2, -0.15) is 0 Å². The number of para-hydroxylation sites is 1. The highest BCUT2D eigenvalue weighted by molar-refractivity contribution is 5.99. The van der Waals surface area contributed by atoms with Crippen molar-refractivity contribution in [2.45, 2.75) is 72.6 Å². The molecule has 0 saturated heterocycles. The van der Waals surface area contributed by atoms with Crippen LogP contribution in [-0.2, 0) is 20.7 Å². The first kappa shape index (κ1) is 31.2. The number of hydrogen-bond acceptors (Lipinski definition) is 5. The Morgan fingerprint density at radius 1 is 0.902 bits per heavy atom. The van der Waals surface area contributed by atoms with Gasteiger partial charge < -0.3 is 25.4 Å². The monoisotopic (exact) mass is 559 g/mol. The highest BCUT2D eigenvalue weighted by Gasteiger charge is 2.35. The third-order valence-electron chi connectivity index (χ3n) is 6.64. The summed E-state index contributed by atoms with van der Waals surface area (Å²) < 4.78 is 5.44. The zero-order valence-corrected chi connectivity index (χ0v) is 25.2. The fraction of sp³-hybridized carbons (Fsp3) is 0.364. The van der Waals surface area contributed by atoms with E-state index >= 15 is 0 Å². The third-order valence-corrected chi connectivity index (χ3v) is 6.64. The quantitative estimate of drug-likeness (QED) is 0.319. The van der Waals surface area contributed by atoms with Crippen LogP contribution in [0.1, 0.15) is 60.2 Å². The van der Waals surface area contributed by atoms with E-state index in [4.69, 9.17) is 4.74 Å². The molecule has 218 valence electrons. The number of nitrogens with one attached hydrogen (secondary N) is 2. The van der Waals surface area contributed by atoms with Gasteiger partial charge in [-0.3, -0.25) is 9.59 Å². The number of phenolic OH excluding ortho intramolecular Hbond substituents is 1. The van der Waals surface area contributed by atoms with Crippen LogP contribution >= 0.6 is 0 Å². The van der Waals surface area contributed by atoms with Gasteiger partial charge in [0, 0.05) is 19.2 Å². The fourth-order valence-electron chi connectivity index (χ4n) is 4.81. The van der Waals surface area contributed by atoms with E-state index in [-0.39, 0.29) is 18.1 Å². The maximum atomic E-state index is 14.1. The third kappa shape index (κ3) is 8.58. The maximum Gasteiger partial charge on any atom is 0.408 e. The number of alkyl carbamates (subject to hydrolysis) is 1. The molecule has 0 heterocycles. The summed E-state index contributed by atoms with van der Waals surface area (Å²) in [6.07, 6.45) is -0.619. The minimum absolute atomic E-state index is 0.0897. The van der Waals surface area contributed by atoms with Crippen molar-refractivity contribution in [2.24, 2.45) is 0 Å². The second-order valence-electron chi connectivity index (χ2n) is 11.6. The number of amides is 3. The van der Waals surface area contributed by atoms with Crippen LogP contribution in [-0.4, -0.2) is 46.6 Å². The number of benzene rings is 3. The van der Waals surface area contributed by atoms with Crippen molar-refractivity contribution in [1.29, 1.82) is 0 Å². The number of nitrogens with zero attached hydrogens (tertiary/aromatic N) is 1. The number of anilines is 1. The Bertz CT molecular complexity index is 1370. The first-order valence-electron chi connectivity index (χ1n) is 13.6. The highest BCUT2D eigenvalue weighted by atomic mass is 16.6. The number of rotatable bonds is 8. The van der Waals surface area contributed by atoms with E-state index < -0.39 is 29.7 Å². The molecule has 0 aliphatic heterocycles. The minimum atomic E-state index is -1.04. The molecule has 0 spiro atoms. The summed E-state index contributed by atoms with van der Waals surface area (Å²) >= 11 is 0. The van der Waals surface area contributed by atoms with Gasteiger partial charge in [-0.05, 0) is 82.9 Å². The Hall–Kier alpha value is -4.33. The summed E-state index contributed by atoms with van der Waals surface area (Å²) in [5, 5.41) is 15.5. The van der Waals surface area contributed by atoms with E-state index in [2.05, 4.69) is 10.6 Å². The van der Waals surface area contributed by atoms with Crippen LogP contribution in [0.3, 0.4) is 0 Å². The van der Waals surface area contributed by atoms with E-state index in [0.29, 0.717) is 16.8 Å². The Labute approximate surface area is 242 Å². The topological polar surface area (TPSA) is 108 Å². The Morgan fingerprint density at radius 2 is 1.46 bits per heavy atom. The van der Waals surface area contributed by atoms with Crippen molar-refractivity contribution in [3.63, 3.8) is 0 Å². The van der Waals surface area contributed by atoms with Crippen molar-refractivity contribution in [2.75, 3.05) is 12.4 Å². The number of aryl methyl sites for hydroxylation is 4. The molecule has 2 atom stereocenters. The first-order chi connectivity index (χ1) is 19.1. The Morgan fingerprint density at radius 3 is 2.00 bits per heavy atom. The van der Waals surface area contributed by atoms with Crippen molar-refractivity contribution >= 4 is 23.6 Å². The minimum Gasteiger partial charge on any atom is -0.508 e. The highest BCUT2D eigenvalue weighted by Crippen LogP contribution is 2.28. The van der Waals surface area contributed by atoms with Crippen LogP contribution in [0.4, 0.5) is 10.5 Å². The molecular weight excluding hydrogens is 518 g/mol. The molecule has 0 saturated carbocycles. The lowest BCUT2D eigenvalue weighted by atomic mass is 9.97. The average molecular weight is 560 g/mol. The van der Waals surface area contributed by atoms with Gasteiger partial charge in [0.15, 0.2) is 0 Å². The van der Waals surface area contributed by atoms with Crippen LogP contribution < -0.4 is 10.6 Å². The number of carbonyl (C=O) groups excluding carboxylic acids is 3. The van der Waals surface area contributed by atoms with Gasteiger partial charge in [0.25, 0.3) is 5.91 Å². The van der Waals surface area contributed by atoms with Crippen molar-refractivity contribution < 1.29 is 24.2 Å². The summed E-state index contributed by atoms with van der Waals surface area (Å²) in [4.78, 5) is 42.3. The number of likely N-dealkylation sites (N-methyl/N-ethyl adjacent to an activating group) is 1. The second-order valence-corrected chi connectivity index (χ2v) is 11.6. The molecule has 3 N–H and O–H groups in total. The van der Waals surface area contributed by atoms with Gasteiger partial charge in [0.1, 0.15) is 23.4 Å². The summed E-state index contributed by atoms with van der Waals surface area (Å²) in [7, 11) is 1.57. The van der Waals surface area contributed by atoms with Crippen LogP contribution in [0.15, 0.2) is 60.7 Å². The molecule has 0 aromatic heterocycles. The number of phenols is 1. The molecule has 3 aromatic carbocycles. The average Bonchev–Trinajstić information content (AvgIpc) is 2.85. The van der Waals surface area contributed by atoms with Crippen LogP contribution in [0.5, 0.6) is 5.75 Å². The Balaban J connectivity index is 2.02. The number of hydrogen-bond donors (Lipinski definition) is 3. The normalized spacial score (nSPS) is 12.7. The van der Waals surface area contributed by atoms with Gasteiger partial charge >= 0.3 is 6.09 Å². The van der Waals surface area contributed by atoms with E-state index in [9.17, 15) is 19.5 Å². The van der Waals surface area contributed by atoms with E-state index in [0.717, 1.165) is 22.3 Å². The van der Waals surface area contributed by atoms with Crippen molar-refractivity contribution in [1.82, 2.24) is 10.2 Å². The van der Waals surface area contributed by atoms with E-state index in [1.54, 1.807) is 40.0 Å². The van der Waals surface area contributed by atoms with Gasteiger partial charge in [-0.25, -0.2) is 4.79 Å². The zero-order chi connectivity index (χ0) is 30.5. The summed E-state index contributed by atoms with van der Waals surface area (Å²) in [5.41, 5.74) is 5.02. The van der Waals surface area contributed by atoms with Crippen LogP contribution in [0, 0.1) is 27.7 Å². The standard InChI is InChI=1S/C33H41N3O5/c1-20-16-21(2)18-25(17-20)29(30(38)35-28-22(3)10-9-11-23(28)4)36(8)31(39)27(34-32(40)41-33(5,6)7)19-24-12-14-26(37)15-13-24/h9-18,27,29,37H,19H2,1-8H3,(H,34,40)(H,35,38). The first-order valence-corrected chi connectivity index (χ1v) is 13.6. The Kier molecular flexibility index (Phi) is 9.81. The number of ether oxygens (including phenoxy) is 1. The molecule has 0 fully saturated rings. The summed E-state index contributed by atoms with van der Waals surface area (Å²) in [5.74, 6) is -0.749. The molecule has 3 amide bonds. The SMILES string of the molecule is Cc1cc(C)cc(C(C(=O)Nc2c(C)cccc2C)N(C)C(=O)C(Cc2ccc(O)cc2)NC(=O)OC(C)(C)C)c1. The lowest BCUT2D eigenvalue weighted by molar-refractivity contribution is -0.139. The zero-order valence-electron chi connectivity index (χ0n) is 25.2. The summed E-state index contributed by atoms with van der Waals surface area (Å²) in [6.45, 7) is 12.9. The van der Waals surface area contributed by atoms with Gasteiger partial charge in [-0.15, -0.1) is 0 Å². The van der Waals surface area contributed by atoms with Crippen LogP contribution in [0.2, 0.25) is 0 Å². The molecule has 0 radical (unpaired) electrons. The predicted molar refractivity (Wildman–Crippen MR) is 161 cm³/mol.